The minimum atomic E-state index is -0.328. The smallest absolute Gasteiger partial charge is 0.296 e. The van der Waals surface area contributed by atoms with Crippen molar-refractivity contribution < 1.29 is 0 Å². The second kappa shape index (κ2) is 8.06. The van der Waals surface area contributed by atoms with Crippen LogP contribution in [0.15, 0.2) is 22.7 Å². The van der Waals surface area contributed by atoms with Crippen LogP contribution in [0.3, 0.4) is 0 Å². The monoisotopic (exact) mass is 363 g/mol. The molecule has 0 aliphatic heterocycles. The summed E-state index contributed by atoms with van der Waals surface area (Å²) in [6.45, 7) is 2.69. The molecule has 3 rings (SSSR count). The molecule has 3 heterocycles. The number of thiazole rings is 1. The normalized spacial score (nSPS) is 10.9. The van der Waals surface area contributed by atoms with Crippen LogP contribution in [0.2, 0.25) is 0 Å². The van der Waals surface area contributed by atoms with Gasteiger partial charge in [-0.15, -0.1) is 11.3 Å². The van der Waals surface area contributed by atoms with E-state index in [4.69, 9.17) is 0 Å². The Kier molecular flexibility index (Phi) is 5.59. The van der Waals surface area contributed by atoms with Crippen LogP contribution in [-0.4, -0.2) is 42.4 Å². The lowest BCUT2D eigenvalue weighted by atomic mass is 10.3. The minimum Gasteiger partial charge on any atom is -0.354 e. The summed E-state index contributed by atoms with van der Waals surface area (Å²) < 4.78 is 0. The minimum absolute atomic E-state index is 0.328. The highest BCUT2D eigenvalue weighted by Gasteiger charge is 2.08. The fourth-order valence-electron chi connectivity index (χ4n) is 1.98. The van der Waals surface area contributed by atoms with E-state index in [1.807, 2.05) is 12.3 Å². The van der Waals surface area contributed by atoms with Gasteiger partial charge in [-0.25, -0.2) is 15.1 Å². The molecule has 0 aliphatic rings. The van der Waals surface area contributed by atoms with Crippen LogP contribution in [0, 0.1) is 6.92 Å². The number of aromatic amines is 2. The third-order valence-corrected chi connectivity index (χ3v) is 5.02. The Morgan fingerprint density at radius 1 is 1.33 bits per heavy atom. The van der Waals surface area contributed by atoms with Crippen molar-refractivity contribution in [3.05, 3.63) is 50.3 Å². The molecule has 0 bridgehead atoms. The number of aromatic nitrogens is 6. The Morgan fingerprint density at radius 3 is 2.96 bits per heavy atom. The molecule has 0 saturated heterocycles. The van der Waals surface area contributed by atoms with Gasteiger partial charge in [0, 0.05) is 41.7 Å². The molecular formula is C14H17N7OS2. The number of thioether (sulfide) groups is 1. The summed E-state index contributed by atoms with van der Waals surface area (Å²) in [7, 11) is 0. The van der Waals surface area contributed by atoms with Gasteiger partial charge < -0.3 is 10.3 Å². The fraction of sp³-hybridized carbons (Fsp3) is 0.357. The Morgan fingerprint density at radius 2 is 2.25 bits per heavy atom. The summed E-state index contributed by atoms with van der Waals surface area (Å²) in [5, 5.41) is 12.7. The first-order valence-corrected chi connectivity index (χ1v) is 9.40. The molecule has 3 aromatic heterocycles. The third kappa shape index (κ3) is 4.42. The molecule has 0 fully saturated rings. The maximum atomic E-state index is 12.0. The van der Waals surface area contributed by atoms with Gasteiger partial charge >= 0.3 is 0 Å². The van der Waals surface area contributed by atoms with E-state index in [1.165, 1.54) is 11.3 Å². The van der Waals surface area contributed by atoms with Crippen LogP contribution >= 0.6 is 23.1 Å². The molecule has 0 aliphatic carbocycles. The number of hydrogen-bond acceptors (Lipinski definition) is 8. The Hall–Kier alpha value is -2.20. The molecule has 126 valence electrons. The van der Waals surface area contributed by atoms with Crippen molar-refractivity contribution in [3.8, 4) is 0 Å². The number of nitrogens with zero attached hydrogens (tertiary/aromatic N) is 4. The van der Waals surface area contributed by atoms with Crippen LogP contribution in [0.25, 0.3) is 0 Å². The van der Waals surface area contributed by atoms with Crippen molar-refractivity contribution in [2.24, 2.45) is 0 Å². The van der Waals surface area contributed by atoms with Crippen molar-refractivity contribution in [3.63, 3.8) is 0 Å². The molecule has 0 unspecified atom stereocenters. The van der Waals surface area contributed by atoms with Crippen molar-refractivity contribution in [2.45, 2.75) is 19.1 Å². The first kappa shape index (κ1) is 16.7. The van der Waals surface area contributed by atoms with Gasteiger partial charge in [0.1, 0.15) is 5.69 Å². The van der Waals surface area contributed by atoms with Crippen molar-refractivity contribution in [1.29, 1.82) is 0 Å². The van der Waals surface area contributed by atoms with Crippen LogP contribution < -0.4 is 10.9 Å². The van der Waals surface area contributed by atoms with E-state index in [-0.39, 0.29) is 5.56 Å². The first-order valence-electron chi connectivity index (χ1n) is 7.37. The third-order valence-electron chi connectivity index (χ3n) is 3.27. The molecule has 3 N–H and O–H groups in total. The lowest BCUT2D eigenvalue weighted by Crippen LogP contribution is -2.20. The highest BCUT2D eigenvalue weighted by Crippen LogP contribution is 2.12. The Labute approximate surface area is 146 Å². The van der Waals surface area contributed by atoms with Gasteiger partial charge in [0.2, 0.25) is 5.95 Å². The van der Waals surface area contributed by atoms with Gasteiger partial charge in [-0.3, -0.25) is 4.79 Å². The van der Waals surface area contributed by atoms with Crippen LogP contribution in [-0.2, 0) is 12.2 Å². The zero-order valence-corrected chi connectivity index (χ0v) is 14.7. The van der Waals surface area contributed by atoms with Crippen LogP contribution in [0.4, 0.5) is 5.95 Å². The molecule has 24 heavy (non-hydrogen) atoms. The SMILES string of the molecule is Cc1[nH]cnc1CSCCNc1nc(=O)c(Cc2nccs2)n[nH]1. The molecule has 0 amide bonds. The molecule has 3 aromatic rings. The predicted molar refractivity (Wildman–Crippen MR) is 95.5 cm³/mol. The second-order valence-corrected chi connectivity index (χ2v) is 7.08. The summed E-state index contributed by atoms with van der Waals surface area (Å²) in [6.07, 6.45) is 3.82. The summed E-state index contributed by atoms with van der Waals surface area (Å²) in [5.41, 5.74) is 2.21. The number of imidazole rings is 1. The molecule has 0 spiro atoms. The number of anilines is 1. The summed E-state index contributed by atoms with van der Waals surface area (Å²) in [5.74, 6) is 2.11. The molecule has 0 atom stereocenters. The van der Waals surface area contributed by atoms with Crippen molar-refractivity contribution in [2.75, 3.05) is 17.6 Å². The Balaban J connectivity index is 1.45. The standard InChI is InChI=1S/C14H17N7OS2/c1-9-11(18-8-17-9)7-23-4-2-16-14-19-13(22)10(20-21-14)6-12-15-3-5-24-12/h3,5,8H,2,4,6-7H2,1H3,(H,17,18)(H2,16,19,21,22). The molecular weight excluding hydrogens is 346 g/mol. The van der Waals surface area contributed by atoms with Crippen LogP contribution in [0.1, 0.15) is 22.1 Å². The Bertz CT molecular complexity index is 828. The van der Waals surface area contributed by atoms with E-state index < -0.39 is 0 Å². The second-order valence-electron chi connectivity index (χ2n) is 4.99. The van der Waals surface area contributed by atoms with Gasteiger partial charge in [0.15, 0.2) is 0 Å². The van der Waals surface area contributed by atoms with E-state index in [9.17, 15) is 4.79 Å². The van der Waals surface area contributed by atoms with Gasteiger partial charge in [-0.1, -0.05) is 0 Å². The van der Waals surface area contributed by atoms with Crippen molar-refractivity contribution in [1.82, 2.24) is 30.1 Å². The maximum absolute atomic E-state index is 12.0. The van der Waals surface area contributed by atoms with E-state index in [2.05, 4.69) is 35.5 Å². The zero-order chi connectivity index (χ0) is 16.8. The number of aryl methyl sites for hydroxylation is 1. The number of hydrogen-bond donors (Lipinski definition) is 3. The van der Waals surface area contributed by atoms with Gasteiger partial charge in [0.25, 0.3) is 5.56 Å². The predicted octanol–water partition coefficient (Wildman–Crippen LogP) is 1.59. The highest BCUT2D eigenvalue weighted by molar-refractivity contribution is 7.98. The van der Waals surface area contributed by atoms with Crippen LogP contribution in [0.5, 0.6) is 0 Å². The van der Waals surface area contributed by atoms with E-state index in [0.29, 0.717) is 24.6 Å². The van der Waals surface area contributed by atoms with Gasteiger partial charge in [-0.05, 0) is 6.92 Å². The summed E-state index contributed by atoms with van der Waals surface area (Å²) in [6, 6.07) is 0. The summed E-state index contributed by atoms with van der Waals surface area (Å²) in [4.78, 5) is 27.4. The molecule has 8 nitrogen and oxygen atoms in total. The number of nitrogens with one attached hydrogen (secondary N) is 3. The topological polar surface area (TPSA) is 112 Å². The lowest BCUT2D eigenvalue weighted by molar-refractivity contribution is 0.861. The van der Waals surface area contributed by atoms with E-state index in [0.717, 1.165) is 27.9 Å². The fourth-order valence-corrected chi connectivity index (χ4v) is 3.48. The highest BCUT2D eigenvalue weighted by atomic mass is 32.2. The van der Waals surface area contributed by atoms with E-state index >= 15 is 0 Å². The molecule has 0 aromatic carbocycles. The number of rotatable bonds is 8. The molecule has 10 heteroatoms. The first-order chi connectivity index (χ1) is 11.7. The van der Waals surface area contributed by atoms with Gasteiger partial charge in [-0.2, -0.15) is 21.8 Å². The van der Waals surface area contributed by atoms with Crippen molar-refractivity contribution >= 4 is 29.0 Å². The average molecular weight is 363 g/mol. The lowest BCUT2D eigenvalue weighted by Gasteiger charge is -2.05. The quantitative estimate of drug-likeness (QED) is 0.521. The zero-order valence-electron chi connectivity index (χ0n) is 13.1. The largest absolute Gasteiger partial charge is 0.354 e. The maximum Gasteiger partial charge on any atom is 0.296 e. The van der Waals surface area contributed by atoms with E-state index in [1.54, 1.807) is 24.3 Å². The molecule has 0 saturated carbocycles. The summed E-state index contributed by atoms with van der Waals surface area (Å²) >= 11 is 3.25. The number of H-pyrrole nitrogens is 2. The average Bonchev–Trinajstić information content (AvgIpc) is 3.22. The van der Waals surface area contributed by atoms with Gasteiger partial charge in [0.05, 0.1) is 17.0 Å². The molecule has 0 radical (unpaired) electrons.